The van der Waals surface area contributed by atoms with Gasteiger partial charge < -0.3 is 10.4 Å². The molecule has 3 unspecified atom stereocenters. The molecule has 172 valence electrons. The van der Waals surface area contributed by atoms with Crippen LogP contribution in [0.15, 0.2) is 53.8 Å². The van der Waals surface area contributed by atoms with Crippen molar-refractivity contribution in [1.29, 1.82) is 0 Å². The summed E-state index contributed by atoms with van der Waals surface area (Å²) in [6.45, 7) is 4.47. The van der Waals surface area contributed by atoms with E-state index in [9.17, 15) is 9.90 Å². The molecule has 1 aromatic carbocycles. The Hall–Kier alpha value is -2.11. The van der Waals surface area contributed by atoms with Crippen LogP contribution in [0.4, 0.5) is 0 Å². The number of aliphatic carboxylic acids is 1. The summed E-state index contributed by atoms with van der Waals surface area (Å²) in [5, 5.41) is 17.2. The van der Waals surface area contributed by atoms with Crippen LogP contribution in [-0.4, -0.2) is 55.2 Å². The Bertz CT molecular complexity index is 787. The largest absolute Gasteiger partial charge is 0.480 e. The van der Waals surface area contributed by atoms with Gasteiger partial charge in [0.15, 0.2) is 5.54 Å². The van der Waals surface area contributed by atoms with Crippen LogP contribution in [0, 0.1) is 5.92 Å². The van der Waals surface area contributed by atoms with Gasteiger partial charge in [-0.1, -0.05) is 69.9 Å². The average molecular weight is 428 g/mol. The number of allylic oxidation sites excluding steroid dienone is 1. The van der Waals surface area contributed by atoms with Crippen molar-refractivity contribution >= 4 is 5.97 Å². The number of likely N-dealkylation sites (N-methyl/N-ethyl adjacent to an activating group) is 3. The molecule has 0 aromatic heterocycles. The van der Waals surface area contributed by atoms with E-state index in [1.54, 1.807) is 7.05 Å². The van der Waals surface area contributed by atoms with Crippen molar-refractivity contribution in [2.24, 2.45) is 5.92 Å². The monoisotopic (exact) mass is 427 g/mol. The molecule has 0 saturated carbocycles. The number of carboxylic acid groups (broad SMARTS) is 1. The Kier molecular flexibility index (Phi) is 8.90. The van der Waals surface area contributed by atoms with E-state index < -0.39 is 17.0 Å². The highest BCUT2D eigenvalue weighted by Gasteiger charge is 2.60. The van der Waals surface area contributed by atoms with E-state index in [4.69, 9.17) is 0 Å². The maximum Gasteiger partial charge on any atom is 0.330 e. The van der Waals surface area contributed by atoms with Gasteiger partial charge in [-0.25, -0.2) is 4.79 Å². The van der Waals surface area contributed by atoms with Gasteiger partial charge in [-0.2, -0.15) is 0 Å². The van der Waals surface area contributed by atoms with Gasteiger partial charge in [0, 0.05) is 12.7 Å². The fourth-order valence-electron chi connectivity index (χ4n) is 5.22. The van der Waals surface area contributed by atoms with Gasteiger partial charge in [0.1, 0.15) is 0 Å². The fraction of sp³-hybridized carbons (Fsp3) is 0.577. The van der Waals surface area contributed by atoms with E-state index in [2.05, 4.69) is 41.5 Å². The molecule has 0 spiro atoms. The summed E-state index contributed by atoms with van der Waals surface area (Å²) in [6.07, 6.45) is 9.87. The first-order valence-electron chi connectivity index (χ1n) is 11.6. The molecule has 2 rings (SSSR count). The second kappa shape index (κ2) is 11.0. The molecular weight excluding hydrogens is 386 g/mol. The van der Waals surface area contributed by atoms with Gasteiger partial charge in [0.2, 0.25) is 0 Å². The van der Waals surface area contributed by atoms with Gasteiger partial charge in [-0.15, -0.1) is 0 Å². The number of carboxylic acids is 1. The van der Waals surface area contributed by atoms with Crippen molar-refractivity contribution in [3.8, 4) is 0 Å². The number of hydrogen-bond donors (Lipinski definition) is 3. The summed E-state index contributed by atoms with van der Waals surface area (Å²) in [5.74, 6) is -0.339. The van der Waals surface area contributed by atoms with Gasteiger partial charge >= 0.3 is 5.97 Å². The second-order valence-electron chi connectivity index (χ2n) is 8.88. The highest BCUT2D eigenvalue weighted by Crippen LogP contribution is 2.46. The lowest BCUT2D eigenvalue weighted by Crippen LogP contribution is -2.74. The summed E-state index contributed by atoms with van der Waals surface area (Å²) in [7, 11) is 7.72. The van der Waals surface area contributed by atoms with Crippen LogP contribution in [0.3, 0.4) is 0 Å². The van der Waals surface area contributed by atoms with Crippen molar-refractivity contribution in [2.75, 3.05) is 28.2 Å². The Morgan fingerprint density at radius 2 is 1.84 bits per heavy atom. The Labute approximate surface area is 188 Å². The minimum Gasteiger partial charge on any atom is -0.480 e. The second-order valence-corrected chi connectivity index (χ2v) is 8.88. The molecule has 31 heavy (non-hydrogen) atoms. The number of hydrogen-bond acceptors (Lipinski definition) is 4. The molecule has 0 radical (unpaired) electrons. The minimum atomic E-state index is -1.24. The van der Waals surface area contributed by atoms with Gasteiger partial charge in [0.05, 0.1) is 5.54 Å². The SMILES string of the molecule is CCCCC(CC)CC1=C(NC)C=CC(NC)(C(=O)O)C1(Cc1ccccc1)N(C)C. The highest BCUT2D eigenvalue weighted by atomic mass is 16.4. The maximum atomic E-state index is 12.9. The van der Waals surface area contributed by atoms with Crippen LogP contribution in [-0.2, 0) is 11.2 Å². The summed E-state index contributed by atoms with van der Waals surface area (Å²) >= 11 is 0. The van der Waals surface area contributed by atoms with Crippen molar-refractivity contribution in [1.82, 2.24) is 15.5 Å². The van der Waals surface area contributed by atoms with E-state index in [-0.39, 0.29) is 0 Å². The molecular formula is C26H41N3O2. The van der Waals surface area contributed by atoms with E-state index in [1.807, 2.05) is 51.5 Å². The quantitative estimate of drug-likeness (QED) is 0.466. The molecule has 1 aliphatic carbocycles. The molecule has 0 fully saturated rings. The molecule has 0 heterocycles. The number of rotatable bonds is 12. The lowest BCUT2D eigenvalue weighted by molar-refractivity contribution is -0.147. The fourth-order valence-corrected chi connectivity index (χ4v) is 5.22. The zero-order valence-electron chi connectivity index (χ0n) is 20.2. The van der Waals surface area contributed by atoms with Crippen LogP contribution in [0.1, 0.15) is 51.5 Å². The first-order chi connectivity index (χ1) is 14.8. The molecule has 3 N–H and O–H groups in total. The zero-order valence-corrected chi connectivity index (χ0v) is 20.2. The van der Waals surface area contributed by atoms with Gasteiger partial charge in [0.25, 0.3) is 0 Å². The lowest BCUT2D eigenvalue weighted by Gasteiger charge is -2.55. The van der Waals surface area contributed by atoms with Gasteiger partial charge in [-0.3, -0.25) is 10.2 Å². The third-order valence-corrected chi connectivity index (χ3v) is 7.08. The molecule has 1 aliphatic rings. The standard InChI is InChI=1S/C26H41N3O2/c1-7-9-13-20(8-2)18-22-23(27-3)16-17-25(28-4,24(30)31)26(22,29(5)6)19-21-14-11-10-12-15-21/h10-12,14-17,20,27-28H,7-9,13,18-19H2,1-6H3,(H,30,31). The van der Waals surface area contributed by atoms with E-state index in [0.717, 1.165) is 30.5 Å². The highest BCUT2D eigenvalue weighted by molar-refractivity contribution is 5.86. The van der Waals surface area contributed by atoms with Crippen molar-refractivity contribution in [3.05, 3.63) is 59.3 Å². The molecule has 5 nitrogen and oxygen atoms in total. The number of nitrogens with zero attached hydrogens (tertiary/aromatic N) is 1. The minimum absolute atomic E-state index is 0.517. The number of unbranched alkanes of at least 4 members (excludes halogenated alkanes) is 1. The molecule has 0 bridgehead atoms. The van der Waals surface area contributed by atoms with Crippen LogP contribution >= 0.6 is 0 Å². The number of benzene rings is 1. The van der Waals surface area contributed by atoms with Crippen LogP contribution in [0.5, 0.6) is 0 Å². The van der Waals surface area contributed by atoms with E-state index >= 15 is 0 Å². The Morgan fingerprint density at radius 1 is 1.16 bits per heavy atom. The predicted molar refractivity (Wildman–Crippen MR) is 129 cm³/mol. The normalized spacial score (nSPS) is 24.5. The summed E-state index contributed by atoms with van der Waals surface area (Å²) in [5.41, 5.74) is 1.33. The molecule has 0 amide bonds. The number of carbonyl (C=O) groups is 1. The third kappa shape index (κ3) is 4.73. The van der Waals surface area contributed by atoms with Crippen LogP contribution in [0.2, 0.25) is 0 Å². The van der Waals surface area contributed by atoms with Crippen LogP contribution in [0.25, 0.3) is 0 Å². The average Bonchev–Trinajstić information content (AvgIpc) is 2.77. The first kappa shape index (κ1) is 25.2. The summed E-state index contributed by atoms with van der Waals surface area (Å²) in [6, 6.07) is 10.2. The predicted octanol–water partition coefficient (Wildman–Crippen LogP) is 4.22. The molecule has 1 aromatic rings. The summed E-state index contributed by atoms with van der Waals surface area (Å²) in [4.78, 5) is 15.0. The van der Waals surface area contributed by atoms with Gasteiger partial charge in [-0.05, 0) is 63.2 Å². The van der Waals surface area contributed by atoms with E-state index in [0.29, 0.717) is 12.3 Å². The molecule has 0 aliphatic heterocycles. The molecule has 3 atom stereocenters. The van der Waals surface area contributed by atoms with Crippen molar-refractivity contribution in [2.45, 2.75) is 63.5 Å². The van der Waals surface area contributed by atoms with Crippen molar-refractivity contribution < 1.29 is 9.90 Å². The lowest BCUT2D eigenvalue weighted by atomic mass is 9.62. The Morgan fingerprint density at radius 3 is 2.32 bits per heavy atom. The number of nitrogens with one attached hydrogen (secondary N) is 2. The zero-order chi connectivity index (χ0) is 23.1. The van der Waals surface area contributed by atoms with Crippen molar-refractivity contribution in [3.63, 3.8) is 0 Å². The summed E-state index contributed by atoms with van der Waals surface area (Å²) < 4.78 is 0. The topological polar surface area (TPSA) is 64.6 Å². The molecule has 0 saturated heterocycles. The van der Waals surface area contributed by atoms with Crippen LogP contribution < -0.4 is 10.6 Å². The maximum absolute atomic E-state index is 12.9. The molecule has 5 heteroatoms. The first-order valence-corrected chi connectivity index (χ1v) is 11.6. The smallest absolute Gasteiger partial charge is 0.330 e. The third-order valence-electron chi connectivity index (χ3n) is 7.08. The Balaban J connectivity index is 2.75. The van der Waals surface area contributed by atoms with E-state index in [1.165, 1.54) is 18.4 Å².